The minimum atomic E-state index is -4.49. The molecule has 1 aromatic carbocycles. The summed E-state index contributed by atoms with van der Waals surface area (Å²) in [5.41, 5.74) is 0.893. The predicted octanol–water partition coefficient (Wildman–Crippen LogP) is 3.62. The van der Waals surface area contributed by atoms with Crippen LogP contribution in [0.5, 0.6) is 17.2 Å². The van der Waals surface area contributed by atoms with E-state index in [0.29, 0.717) is 17.0 Å². The van der Waals surface area contributed by atoms with E-state index in [1.807, 2.05) is 0 Å². The number of ether oxygens (including phenoxy) is 3. The topological polar surface area (TPSA) is 95.7 Å². The number of methoxy groups -OCH3 is 2. The summed E-state index contributed by atoms with van der Waals surface area (Å²) < 4.78 is 57.8. The number of aromatic nitrogens is 2. The molecule has 1 amide bonds. The third-order valence-electron chi connectivity index (χ3n) is 3.99. The van der Waals surface area contributed by atoms with Crippen LogP contribution in [0, 0.1) is 0 Å². The van der Waals surface area contributed by atoms with E-state index in [1.54, 1.807) is 18.2 Å². The van der Waals surface area contributed by atoms with E-state index in [4.69, 9.17) is 18.6 Å². The van der Waals surface area contributed by atoms with Gasteiger partial charge in [0.1, 0.15) is 12.0 Å². The molecule has 0 aliphatic carbocycles. The highest BCUT2D eigenvalue weighted by atomic mass is 19.4. The molecule has 31 heavy (non-hydrogen) atoms. The molecule has 0 spiro atoms. The lowest BCUT2D eigenvalue weighted by molar-refractivity contribution is -0.153. The Morgan fingerprint density at radius 3 is 2.61 bits per heavy atom. The molecular formula is C20H18F3N3O5. The largest absolute Gasteiger partial charge is 0.494 e. The average Bonchev–Trinajstić information content (AvgIpc) is 3.24. The zero-order chi connectivity index (χ0) is 22.4. The quantitative estimate of drug-likeness (QED) is 0.575. The van der Waals surface area contributed by atoms with Gasteiger partial charge in [-0.3, -0.25) is 4.79 Å². The molecular weight excluding hydrogens is 419 g/mol. The fourth-order valence-corrected chi connectivity index (χ4v) is 2.58. The first kappa shape index (κ1) is 21.9. The minimum absolute atomic E-state index is 0.0373. The second kappa shape index (κ2) is 9.37. The van der Waals surface area contributed by atoms with Crippen molar-refractivity contribution in [2.75, 3.05) is 20.8 Å². The van der Waals surface area contributed by atoms with Crippen LogP contribution in [0.3, 0.4) is 0 Å². The van der Waals surface area contributed by atoms with Gasteiger partial charge in [-0.25, -0.2) is 9.97 Å². The predicted molar refractivity (Wildman–Crippen MR) is 102 cm³/mol. The highest BCUT2D eigenvalue weighted by molar-refractivity contribution is 5.94. The number of nitrogens with zero attached hydrogens (tertiary/aromatic N) is 2. The van der Waals surface area contributed by atoms with Gasteiger partial charge in [0.15, 0.2) is 23.8 Å². The van der Waals surface area contributed by atoms with Gasteiger partial charge >= 0.3 is 6.18 Å². The SMILES string of the molecule is COc1ccc(-c2nc(CNC(=O)c3ncccc3OC)co2)cc1OCC(F)(F)F. The van der Waals surface area contributed by atoms with Crippen molar-refractivity contribution in [2.24, 2.45) is 0 Å². The average molecular weight is 437 g/mol. The smallest absolute Gasteiger partial charge is 0.422 e. The Bertz CT molecular complexity index is 1050. The highest BCUT2D eigenvalue weighted by Crippen LogP contribution is 2.33. The summed E-state index contributed by atoms with van der Waals surface area (Å²) in [6.07, 6.45) is -1.70. The Kier molecular flexibility index (Phi) is 6.63. The van der Waals surface area contributed by atoms with Crippen molar-refractivity contribution in [3.63, 3.8) is 0 Å². The monoisotopic (exact) mass is 437 g/mol. The summed E-state index contributed by atoms with van der Waals surface area (Å²) >= 11 is 0. The Balaban J connectivity index is 1.71. The standard InChI is InChI=1S/C20H18F3N3O5/c1-28-14-6-5-12(8-16(14)31-11-20(21,22)23)19-26-13(10-30-19)9-25-18(27)17-15(29-2)4-3-7-24-17/h3-8,10H,9,11H2,1-2H3,(H,25,27). The number of halogens is 3. The molecule has 164 valence electrons. The Labute approximate surface area is 175 Å². The van der Waals surface area contributed by atoms with Crippen LogP contribution in [-0.4, -0.2) is 42.9 Å². The molecule has 0 unspecified atom stereocenters. The number of hydrogen-bond acceptors (Lipinski definition) is 7. The third-order valence-corrected chi connectivity index (χ3v) is 3.99. The Morgan fingerprint density at radius 1 is 1.13 bits per heavy atom. The second-order valence-corrected chi connectivity index (χ2v) is 6.15. The second-order valence-electron chi connectivity index (χ2n) is 6.15. The molecule has 3 aromatic rings. The van der Waals surface area contributed by atoms with Crippen LogP contribution in [-0.2, 0) is 6.54 Å². The Morgan fingerprint density at radius 2 is 1.90 bits per heavy atom. The van der Waals surface area contributed by atoms with Crippen molar-refractivity contribution in [3.8, 4) is 28.7 Å². The van der Waals surface area contributed by atoms with Gasteiger partial charge in [0.05, 0.1) is 26.5 Å². The summed E-state index contributed by atoms with van der Waals surface area (Å²) in [5, 5.41) is 2.65. The molecule has 0 atom stereocenters. The van der Waals surface area contributed by atoms with Crippen LogP contribution < -0.4 is 19.5 Å². The number of amides is 1. The van der Waals surface area contributed by atoms with Crippen LogP contribution in [0.15, 0.2) is 47.2 Å². The molecule has 11 heteroatoms. The molecule has 8 nitrogen and oxygen atoms in total. The zero-order valence-corrected chi connectivity index (χ0v) is 16.5. The molecule has 0 aliphatic rings. The zero-order valence-electron chi connectivity index (χ0n) is 16.5. The normalized spacial score (nSPS) is 11.1. The van der Waals surface area contributed by atoms with Gasteiger partial charge in [0.25, 0.3) is 5.91 Å². The van der Waals surface area contributed by atoms with E-state index in [9.17, 15) is 18.0 Å². The first-order valence-corrected chi connectivity index (χ1v) is 8.90. The molecule has 0 radical (unpaired) electrons. The maximum atomic E-state index is 12.5. The Hall–Kier alpha value is -3.76. The van der Waals surface area contributed by atoms with E-state index in [1.165, 1.54) is 38.8 Å². The number of oxazole rings is 1. The van der Waals surface area contributed by atoms with Crippen molar-refractivity contribution >= 4 is 5.91 Å². The van der Waals surface area contributed by atoms with E-state index in [-0.39, 0.29) is 29.6 Å². The van der Waals surface area contributed by atoms with E-state index < -0.39 is 18.7 Å². The maximum absolute atomic E-state index is 12.5. The van der Waals surface area contributed by atoms with Crippen LogP contribution in [0.25, 0.3) is 11.5 Å². The third kappa shape index (κ3) is 5.65. The lowest BCUT2D eigenvalue weighted by atomic mass is 10.2. The molecule has 0 aliphatic heterocycles. The number of hydrogen-bond donors (Lipinski definition) is 1. The summed E-state index contributed by atoms with van der Waals surface area (Å²) in [5.74, 6) is 0.0305. The molecule has 0 saturated heterocycles. The van der Waals surface area contributed by atoms with Gasteiger partial charge in [-0.15, -0.1) is 0 Å². The van der Waals surface area contributed by atoms with Crippen LogP contribution in [0.2, 0.25) is 0 Å². The summed E-state index contributed by atoms with van der Waals surface area (Å²) in [6, 6.07) is 7.59. The van der Waals surface area contributed by atoms with Gasteiger partial charge < -0.3 is 23.9 Å². The van der Waals surface area contributed by atoms with Crippen LogP contribution >= 0.6 is 0 Å². The molecule has 2 aromatic heterocycles. The van der Waals surface area contributed by atoms with Crippen molar-refractivity contribution in [1.29, 1.82) is 0 Å². The summed E-state index contributed by atoms with van der Waals surface area (Å²) in [4.78, 5) is 20.5. The van der Waals surface area contributed by atoms with E-state index >= 15 is 0 Å². The molecule has 1 N–H and O–H groups in total. The fraction of sp³-hybridized carbons (Fsp3) is 0.250. The fourth-order valence-electron chi connectivity index (χ4n) is 2.58. The van der Waals surface area contributed by atoms with Gasteiger partial charge in [0.2, 0.25) is 5.89 Å². The minimum Gasteiger partial charge on any atom is -0.494 e. The molecule has 0 fully saturated rings. The highest BCUT2D eigenvalue weighted by Gasteiger charge is 2.29. The summed E-state index contributed by atoms with van der Waals surface area (Å²) in [6.45, 7) is -1.43. The van der Waals surface area contributed by atoms with Crippen LogP contribution in [0.1, 0.15) is 16.2 Å². The number of rotatable bonds is 8. The lowest BCUT2D eigenvalue weighted by Gasteiger charge is -2.13. The first-order valence-electron chi connectivity index (χ1n) is 8.90. The summed E-state index contributed by atoms with van der Waals surface area (Å²) in [7, 11) is 2.75. The lowest BCUT2D eigenvalue weighted by Crippen LogP contribution is -2.24. The number of carbonyl (C=O) groups excluding carboxylic acids is 1. The van der Waals surface area contributed by atoms with Crippen molar-refractivity contribution < 1.29 is 36.6 Å². The van der Waals surface area contributed by atoms with Gasteiger partial charge in [-0.05, 0) is 30.3 Å². The molecule has 2 heterocycles. The van der Waals surface area contributed by atoms with Gasteiger partial charge in [0, 0.05) is 11.8 Å². The van der Waals surface area contributed by atoms with Crippen molar-refractivity contribution in [3.05, 3.63) is 54.2 Å². The first-order chi connectivity index (χ1) is 14.8. The maximum Gasteiger partial charge on any atom is 0.422 e. The number of benzene rings is 1. The van der Waals surface area contributed by atoms with Gasteiger partial charge in [-0.2, -0.15) is 13.2 Å². The molecule has 0 bridgehead atoms. The van der Waals surface area contributed by atoms with E-state index in [0.717, 1.165) is 0 Å². The number of alkyl halides is 3. The van der Waals surface area contributed by atoms with Gasteiger partial charge in [-0.1, -0.05) is 0 Å². The molecule has 3 rings (SSSR count). The van der Waals surface area contributed by atoms with Crippen molar-refractivity contribution in [2.45, 2.75) is 12.7 Å². The number of carbonyl (C=O) groups is 1. The molecule has 0 saturated carbocycles. The van der Waals surface area contributed by atoms with Crippen LogP contribution in [0.4, 0.5) is 13.2 Å². The van der Waals surface area contributed by atoms with E-state index in [2.05, 4.69) is 15.3 Å². The van der Waals surface area contributed by atoms with Crippen molar-refractivity contribution in [1.82, 2.24) is 15.3 Å². The number of nitrogens with one attached hydrogen (secondary N) is 1. The number of pyridine rings is 1.